The van der Waals surface area contributed by atoms with Gasteiger partial charge in [0, 0.05) is 24.9 Å². The molecule has 2 aromatic rings. The molecule has 0 radical (unpaired) electrons. The van der Waals surface area contributed by atoms with E-state index in [0.29, 0.717) is 29.1 Å². The smallest absolute Gasteiger partial charge is 0.313 e. The first-order valence-electron chi connectivity index (χ1n) is 17.6. The van der Waals surface area contributed by atoms with Crippen molar-refractivity contribution in [3.63, 3.8) is 0 Å². The van der Waals surface area contributed by atoms with Crippen molar-refractivity contribution in [2.45, 2.75) is 80.3 Å². The number of para-hydroxylation sites is 1. The van der Waals surface area contributed by atoms with Gasteiger partial charge in [-0.1, -0.05) is 89.1 Å². The first-order chi connectivity index (χ1) is 25.0. The zero-order chi connectivity index (χ0) is 37.7. The van der Waals surface area contributed by atoms with Gasteiger partial charge >= 0.3 is 5.97 Å². The number of alkyl halides is 1. The molecule has 2 aromatic carbocycles. The molecule has 1 unspecified atom stereocenters. The monoisotopic (exact) mass is 799 g/mol. The third-order valence-corrected chi connectivity index (χ3v) is 11.5. The van der Waals surface area contributed by atoms with Gasteiger partial charge in [-0.15, -0.1) is 13.2 Å². The van der Waals surface area contributed by atoms with Crippen molar-refractivity contribution in [2.24, 2.45) is 11.8 Å². The second kappa shape index (κ2) is 17.1. The van der Waals surface area contributed by atoms with Gasteiger partial charge in [-0.05, 0) is 43.4 Å². The van der Waals surface area contributed by atoms with Crippen LogP contribution in [0.4, 0.5) is 5.69 Å². The molecule has 280 valence electrons. The first kappa shape index (κ1) is 39.7. The molecule has 0 aliphatic carbocycles. The van der Waals surface area contributed by atoms with Crippen LogP contribution in [0.25, 0.3) is 0 Å². The average Bonchev–Trinajstić information content (AvgIpc) is 3.73. The Labute approximate surface area is 318 Å². The van der Waals surface area contributed by atoms with Crippen LogP contribution in [0.2, 0.25) is 5.02 Å². The maximum Gasteiger partial charge on any atom is 0.313 e. The summed E-state index contributed by atoms with van der Waals surface area (Å²) in [5.74, 6) is -4.11. The van der Waals surface area contributed by atoms with Crippen molar-refractivity contribution in [1.29, 1.82) is 0 Å². The summed E-state index contributed by atoms with van der Waals surface area (Å²) in [6, 6.07) is 11.6. The number of nitrogens with zero attached hydrogens (tertiary/aromatic N) is 2. The summed E-state index contributed by atoms with van der Waals surface area (Å²) in [5, 5.41) is 13.8. The third kappa shape index (κ3) is 7.33. The normalized spacial score (nSPS) is 26.3. The Morgan fingerprint density at radius 1 is 1.19 bits per heavy atom. The molecule has 3 aliphatic heterocycles. The number of allylic oxidation sites excluding steroid dienone is 1. The minimum absolute atomic E-state index is 0.0320. The molecule has 13 heteroatoms. The van der Waals surface area contributed by atoms with Gasteiger partial charge in [-0.25, -0.2) is 0 Å². The van der Waals surface area contributed by atoms with E-state index in [1.807, 2.05) is 26.0 Å². The van der Waals surface area contributed by atoms with Crippen LogP contribution in [0.5, 0.6) is 0 Å². The number of methoxy groups -OCH3 is 1. The lowest BCUT2D eigenvalue weighted by Gasteiger charge is -2.39. The largest absolute Gasteiger partial charge is 0.455 e. The molecule has 3 fully saturated rings. The van der Waals surface area contributed by atoms with E-state index in [9.17, 15) is 19.5 Å². The van der Waals surface area contributed by atoms with Gasteiger partial charge in [0.1, 0.15) is 17.7 Å². The van der Waals surface area contributed by atoms with Gasteiger partial charge in [0.05, 0.1) is 53.9 Å². The minimum Gasteiger partial charge on any atom is -0.455 e. The van der Waals surface area contributed by atoms with Crippen molar-refractivity contribution < 1.29 is 38.5 Å². The highest BCUT2D eigenvalue weighted by molar-refractivity contribution is 9.09. The molecule has 3 amide bonds. The predicted octanol–water partition coefficient (Wildman–Crippen LogP) is 5.07. The molecule has 52 heavy (non-hydrogen) atoms. The number of rotatable bonds is 17. The van der Waals surface area contributed by atoms with E-state index in [1.54, 1.807) is 48.6 Å². The number of hydrogen-bond acceptors (Lipinski definition) is 8. The van der Waals surface area contributed by atoms with Gasteiger partial charge in [-0.2, -0.15) is 0 Å². The van der Waals surface area contributed by atoms with Crippen LogP contribution < -0.4 is 10.2 Å². The molecule has 3 aliphatic rings. The number of amides is 3. The predicted molar refractivity (Wildman–Crippen MR) is 201 cm³/mol. The summed E-state index contributed by atoms with van der Waals surface area (Å²) >= 11 is 10.4. The van der Waals surface area contributed by atoms with Crippen LogP contribution in [0.1, 0.15) is 49.8 Å². The van der Waals surface area contributed by atoms with E-state index in [2.05, 4.69) is 34.4 Å². The van der Waals surface area contributed by atoms with Gasteiger partial charge in [0.2, 0.25) is 11.8 Å². The number of benzene rings is 2. The van der Waals surface area contributed by atoms with E-state index < -0.39 is 77.0 Å². The number of carbonyl (C=O) groups is 4. The summed E-state index contributed by atoms with van der Waals surface area (Å²) in [5.41, 5.74) is 0.403. The Balaban J connectivity index is 1.56. The fraction of sp³-hybridized carbons (Fsp3) is 0.487. The van der Waals surface area contributed by atoms with E-state index in [1.165, 1.54) is 16.9 Å². The van der Waals surface area contributed by atoms with Crippen LogP contribution in [-0.2, 0) is 33.4 Å². The van der Waals surface area contributed by atoms with Crippen LogP contribution in [-0.4, -0.2) is 95.2 Å². The third-order valence-electron chi connectivity index (χ3n) is 10.3. The van der Waals surface area contributed by atoms with Crippen LogP contribution in [0, 0.1) is 18.8 Å². The maximum atomic E-state index is 15.0. The van der Waals surface area contributed by atoms with Gasteiger partial charge in [0.25, 0.3) is 5.91 Å². The highest BCUT2D eigenvalue weighted by atomic mass is 79.9. The second-order valence-corrected chi connectivity index (χ2v) is 15.1. The minimum atomic E-state index is -1.43. The molecule has 0 aromatic heterocycles. The summed E-state index contributed by atoms with van der Waals surface area (Å²) in [7, 11) is 1.49. The number of aryl methyl sites for hydroxylation is 1. The molecule has 0 saturated carbocycles. The van der Waals surface area contributed by atoms with E-state index in [-0.39, 0.29) is 31.9 Å². The van der Waals surface area contributed by atoms with Crippen molar-refractivity contribution in [3.8, 4) is 0 Å². The first-order valence-corrected chi connectivity index (χ1v) is 18.9. The zero-order valence-corrected chi connectivity index (χ0v) is 32.1. The topological polar surface area (TPSA) is 135 Å². The van der Waals surface area contributed by atoms with E-state index in [4.69, 9.17) is 25.8 Å². The molecule has 11 nitrogen and oxygen atoms in total. The quantitative estimate of drug-likeness (QED) is 0.129. The van der Waals surface area contributed by atoms with Crippen LogP contribution >= 0.6 is 27.5 Å². The summed E-state index contributed by atoms with van der Waals surface area (Å²) in [6.45, 7) is 10.9. The highest BCUT2D eigenvalue weighted by Gasteiger charge is 2.77. The molecule has 3 heterocycles. The molecule has 2 bridgehead atoms. The van der Waals surface area contributed by atoms with Crippen molar-refractivity contribution >= 4 is 56.9 Å². The summed E-state index contributed by atoms with van der Waals surface area (Å²) in [6.07, 6.45) is 2.69. The molecule has 2 N–H and O–H groups in total. The number of likely N-dealkylation sites (tertiary alicyclic amines) is 1. The molecular weight excluding hydrogens is 754 g/mol. The highest BCUT2D eigenvalue weighted by Crippen LogP contribution is 2.61. The number of ether oxygens (including phenoxy) is 3. The Bertz CT molecular complexity index is 1640. The number of carbonyl (C=O) groups excluding carboxylic acids is 4. The number of aliphatic hydroxyl groups excluding tert-OH is 1. The van der Waals surface area contributed by atoms with Gasteiger partial charge in [0.15, 0.2) is 0 Å². The van der Waals surface area contributed by atoms with Crippen molar-refractivity contribution in [2.75, 3.05) is 31.8 Å². The number of aliphatic hydroxyl groups is 1. The average molecular weight is 801 g/mol. The van der Waals surface area contributed by atoms with E-state index >= 15 is 4.79 Å². The Hall–Kier alpha value is -3.55. The van der Waals surface area contributed by atoms with Crippen LogP contribution in [0.3, 0.4) is 0 Å². The fourth-order valence-corrected chi connectivity index (χ4v) is 9.35. The summed E-state index contributed by atoms with van der Waals surface area (Å²) in [4.78, 5) is 59.8. The summed E-state index contributed by atoms with van der Waals surface area (Å²) < 4.78 is 18.5. The van der Waals surface area contributed by atoms with Crippen molar-refractivity contribution in [3.05, 3.63) is 90.0 Å². The molecule has 1 spiro atoms. The number of esters is 1. The Morgan fingerprint density at radius 3 is 2.54 bits per heavy atom. The maximum absolute atomic E-state index is 15.0. The SMILES string of the molecule is C=CCCC(=O)N[C@H](COC)[C@H](OC(=O)[C@@H]1[C@H]2O[C@@]3(CC2Br)[C@H](C(=O)N(CC=C)c2c(C)cccc2Cl)N([C@@H](CC)CO)C(=O)[C@@H]13)c1ccccc1. The standard InChI is InChI=1S/C39H47BrClN3O8/c1-6-9-18-29(46)42-28(22-50-5)33(24-15-11-10-12-16-24)51-38(49)30-31-36(47)44(25(8-3)21-45)35(39(31)20-26(40)34(30)52-39)37(48)43(19-7-2)32-23(4)14-13-17-27(32)41/h6-7,10-17,25-26,28,30-31,33-35,45H,1-2,8-9,18-22H2,3-5H3,(H,42,46)/t25-,26?,28+,30-,31+,33+,34-,35-,39+/m0/s1. The number of nitrogens with one attached hydrogen (secondary N) is 1. The number of hydrogen-bond donors (Lipinski definition) is 2. The number of halogens is 2. The van der Waals surface area contributed by atoms with E-state index in [0.717, 1.165) is 5.56 Å². The fourth-order valence-electron chi connectivity index (χ4n) is 8.08. The molecular formula is C39H47BrClN3O8. The van der Waals surface area contributed by atoms with Gasteiger partial charge < -0.3 is 34.4 Å². The molecule has 5 rings (SSSR count). The molecule has 9 atom stereocenters. The lowest BCUT2D eigenvalue weighted by Crippen LogP contribution is -2.59. The second-order valence-electron chi connectivity index (χ2n) is 13.5. The lowest BCUT2D eigenvalue weighted by atomic mass is 9.70. The van der Waals surface area contributed by atoms with Gasteiger partial charge in [-0.3, -0.25) is 19.2 Å². The lowest BCUT2D eigenvalue weighted by molar-refractivity contribution is -0.163. The molecule has 3 saturated heterocycles. The Kier molecular flexibility index (Phi) is 13.0. The van der Waals surface area contributed by atoms with Crippen molar-refractivity contribution in [1.82, 2.24) is 10.2 Å². The number of fused-ring (bicyclic) bond motifs is 1. The van der Waals surface area contributed by atoms with Crippen LogP contribution in [0.15, 0.2) is 73.8 Å². The zero-order valence-electron chi connectivity index (χ0n) is 29.7. The Morgan fingerprint density at radius 2 is 1.92 bits per heavy atom. The number of anilines is 1.